The topological polar surface area (TPSA) is 70.2 Å². The van der Waals surface area contributed by atoms with E-state index in [-0.39, 0.29) is 18.4 Å². The van der Waals surface area contributed by atoms with Crippen LogP contribution in [-0.4, -0.2) is 24.4 Å². The summed E-state index contributed by atoms with van der Waals surface area (Å²) in [5.74, 6) is -0.205. The smallest absolute Gasteiger partial charge is 0.251 e. The van der Waals surface area contributed by atoms with Crippen molar-refractivity contribution in [3.8, 4) is 0 Å². The van der Waals surface area contributed by atoms with Crippen molar-refractivity contribution in [2.45, 2.75) is 38.1 Å². The molecule has 6 heteroatoms. The van der Waals surface area contributed by atoms with Crippen LogP contribution in [0, 0.1) is 0 Å². The molecule has 0 radical (unpaired) electrons. The molecule has 3 rings (SSSR count). The van der Waals surface area contributed by atoms with Gasteiger partial charge in [-0.15, -0.1) is 0 Å². The van der Waals surface area contributed by atoms with E-state index in [1.165, 1.54) is 19.3 Å². The van der Waals surface area contributed by atoms with E-state index >= 15 is 0 Å². The van der Waals surface area contributed by atoms with Crippen LogP contribution in [0.25, 0.3) is 0 Å². The number of anilines is 2. The molecule has 0 bridgehead atoms. The second-order valence-electron chi connectivity index (χ2n) is 6.80. The molecule has 2 amide bonds. The average Bonchev–Trinajstić information content (AvgIpc) is 2.67. The molecule has 5 nitrogen and oxygen atoms in total. The van der Waals surface area contributed by atoms with E-state index in [0.29, 0.717) is 22.3 Å². The van der Waals surface area contributed by atoms with Crippen molar-refractivity contribution in [1.29, 1.82) is 0 Å². The van der Waals surface area contributed by atoms with E-state index in [1.54, 1.807) is 36.4 Å². The first-order valence-corrected chi connectivity index (χ1v) is 9.68. The number of carbonyl (C=O) groups excluding carboxylic acids is 2. The van der Waals surface area contributed by atoms with Crippen molar-refractivity contribution in [2.75, 3.05) is 17.2 Å². The molecule has 0 saturated heterocycles. The molecule has 3 N–H and O–H groups in total. The molecule has 0 heterocycles. The van der Waals surface area contributed by atoms with Crippen LogP contribution in [0.5, 0.6) is 0 Å². The van der Waals surface area contributed by atoms with Gasteiger partial charge in [-0.1, -0.05) is 36.9 Å². The van der Waals surface area contributed by atoms with Gasteiger partial charge in [-0.3, -0.25) is 9.59 Å². The Morgan fingerprint density at radius 3 is 2.41 bits per heavy atom. The molecule has 142 valence electrons. The fraction of sp³-hybridized carbons (Fsp3) is 0.333. The van der Waals surface area contributed by atoms with Gasteiger partial charge in [-0.25, -0.2) is 0 Å². The lowest BCUT2D eigenvalue weighted by Crippen LogP contribution is -2.36. The summed E-state index contributed by atoms with van der Waals surface area (Å²) in [6.07, 6.45) is 5.76. The first-order valence-electron chi connectivity index (χ1n) is 9.30. The molecule has 2 aromatic rings. The van der Waals surface area contributed by atoms with Crippen LogP contribution in [0.2, 0.25) is 5.02 Å². The van der Waals surface area contributed by atoms with Gasteiger partial charge in [-0.2, -0.15) is 0 Å². The van der Waals surface area contributed by atoms with Gasteiger partial charge in [0, 0.05) is 28.0 Å². The Labute approximate surface area is 164 Å². The van der Waals surface area contributed by atoms with E-state index in [2.05, 4.69) is 16.0 Å². The summed E-state index contributed by atoms with van der Waals surface area (Å²) in [5, 5.41) is 9.50. The number of nitrogens with one attached hydrogen (secondary N) is 3. The predicted molar refractivity (Wildman–Crippen MR) is 109 cm³/mol. The summed E-state index contributed by atoms with van der Waals surface area (Å²) in [4.78, 5) is 24.3. The molecule has 0 aromatic heterocycles. The maximum atomic E-state index is 12.3. The summed E-state index contributed by atoms with van der Waals surface area (Å²) in [6, 6.07) is 14.5. The quantitative estimate of drug-likeness (QED) is 0.687. The minimum Gasteiger partial charge on any atom is -0.376 e. The van der Waals surface area contributed by atoms with E-state index in [4.69, 9.17) is 11.6 Å². The molecule has 1 aliphatic rings. The Kier molecular flexibility index (Phi) is 6.71. The molecular formula is C21H24ClN3O2. The van der Waals surface area contributed by atoms with Crippen LogP contribution in [0.15, 0.2) is 48.5 Å². The van der Waals surface area contributed by atoms with Crippen LogP contribution in [0.1, 0.15) is 42.5 Å². The summed E-state index contributed by atoms with van der Waals surface area (Å²) in [6.45, 7) is 0.125. The number of hydrogen-bond acceptors (Lipinski definition) is 3. The summed E-state index contributed by atoms with van der Waals surface area (Å²) in [5.41, 5.74) is 2.07. The first-order chi connectivity index (χ1) is 13.1. The molecule has 1 fully saturated rings. The molecule has 0 unspecified atom stereocenters. The Balaban J connectivity index is 1.47. The van der Waals surface area contributed by atoms with Gasteiger partial charge >= 0.3 is 0 Å². The maximum Gasteiger partial charge on any atom is 0.251 e. The third-order valence-corrected chi connectivity index (χ3v) is 4.88. The second-order valence-corrected chi connectivity index (χ2v) is 7.23. The highest BCUT2D eigenvalue weighted by Crippen LogP contribution is 2.18. The Bertz CT molecular complexity index is 786. The van der Waals surface area contributed by atoms with Crippen molar-refractivity contribution in [1.82, 2.24) is 5.32 Å². The highest BCUT2D eigenvalue weighted by molar-refractivity contribution is 6.30. The third-order valence-electron chi connectivity index (χ3n) is 4.65. The largest absolute Gasteiger partial charge is 0.376 e. The number of amides is 2. The van der Waals surface area contributed by atoms with Crippen LogP contribution in [0.3, 0.4) is 0 Å². The van der Waals surface area contributed by atoms with Crippen LogP contribution in [-0.2, 0) is 4.79 Å². The lowest BCUT2D eigenvalue weighted by Gasteiger charge is -2.22. The van der Waals surface area contributed by atoms with Gasteiger partial charge < -0.3 is 16.0 Å². The zero-order valence-electron chi connectivity index (χ0n) is 15.1. The van der Waals surface area contributed by atoms with Crippen molar-refractivity contribution in [3.05, 3.63) is 59.1 Å². The van der Waals surface area contributed by atoms with E-state index < -0.39 is 0 Å². The highest BCUT2D eigenvalue weighted by atomic mass is 35.5. The van der Waals surface area contributed by atoms with Crippen LogP contribution >= 0.6 is 11.6 Å². The van der Waals surface area contributed by atoms with Crippen molar-refractivity contribution >= 4 is 34.8 Å². The molecule has 0 atom stereocenters. The van der Waals surface area contributed by atoms with Crippen LogP contribution in [0.4, 0.5) is 11.4 Å². The van der Waals surface area contributed by atoms with Gasteiger partial charge in [0.05, 0.1) is 6.54 Å². The highest BCUT2D eigenvalue weighted by Gasteiger charge is 2.16. The van der Waals surface area contributed by atoms with Crippen molar-refractivity contribution in [2.24, 2.45) is 0 Å². The van der Waals surface area contributed by atoms with E-state index in [9.17, 15) is 9.59 Å². The lowest BCUT2D eigenvalue weighted by atomic mass is 9.95. The van der Waals surface area contributed by atoms with Crippen molar-refractivity contribution < 1.29 is 9.59 Å². The van der Waals surface area contributed by atoms with Gasteiger partial charge in [0.15, 0.2) is 0 Å². The minimum absolute atomic E-state index is 0.0350. The average molecular weight is 386 g/mol. The van der Waals surface area contributed by atoms with Gasteiger partial charge in [0.25, 0.3) is 5.91 Å². The van der Waals surface area contributed by atoms with Crippen LogP contribution < -0.4 is 16.0 Å². The van der Waals surface area contributed by atoms with Gasteiger partial charge in [-0.05, 0) is 55.3 Å². The van der Waals surface area contributed by atoms with Gasteiger partial charge in [0.1, 0.15) is 0 Å². The summed E-state index contributed by atoms with van der Waals surface area (Å²) in [7, 11) is 0. The Morgan fingerprint density at radius 2 is 1.70 bits per heavy atom. The summed E-state index contributed by atoms with van der Waals surface area (Å²) < 4.78 is 0. The monoisotopic (exact) mass is 385 g/mol. The predicted octanol–water partition coefficient (Wildman–Crippen LogP) is 4.45. The number of benzene rings is 2. The minimum atomic E-state index is -0.170. The van der Waals surface area contributed by atoms with E-state index in [0.717, 1.165) is 18.5 Å². The molecular weight excluding hydrogens is 362 g/mol. The second kappa shape index (κ2) is 9.42. The fourth-order valence-corrected chi connectivity index (χ4v) is 3.40. The third kappa shape index (κ3) is 6.00. The zero-order chi connectivity index (χ0) is 19.1. The standard InChI is InChI=1S/C21H24ClN3O2/c22-16-5-4-8-19(13-16)24-20(26)14-23-17-11-9-15(10-12-17)21(27)25-18-6-2-1-3-7-18/h4-5,8-13,18,23H,1-3,6-7,14H2,(H,24,26)(H,25,27). The SMILES string of the molecule is O=C(CNc1ccc(C(=O)NC2CCCCC2)cc1)Nc1cccc(Cl)c1. The van der Waals surface area contributed by atoms with E-state index in [1.807, 2.05) is 12.1 Å². The first kappa shape index (κ1) is 19.2. The fourth-order valence-electron chi connectivity index (χ4n) is 3.21. The lowest BCUT2D eigenvalue weighted by molar-refractivity contribution is -0.114. The normalized spacial score (nSPS) is 14.4. The molecule has 1 saturated carbocycles. The molecule has 1 aliphatic carbocycles. The van der Waals surface area contributed by atoms with Crippen molar-refractivity contribution in [3.63, 3.8) is 0 Å². The number of carbonyl (C=O) groups is 2. The zero-order valence-corrected chi connectivity index (χ0v) is 15.9. The molecule has 0 aliphatic heterocycles. The Hall–Kier alpha value is -2.53. The number of rotatable bonds is 6. The molecule has 0 spiro atoms. The maximum absolute atomic E-state index is 12.3. The summed E-state index contributed by atoms with van der Waals surface area (Å²) >= 11 is 5.90. The number of hydrogen-bond donors (Lipinski definition) is 3. The molecule has 2 aromatic carbocycles. The Morgan fingerprint density at radius 1 is 0.963 bits per heavy atom. The number of halogens is 1. The molecule has 27 heavy (non-hydrogen) atoms. The van der Waals surface area contributed by atoms with Gasteiger partial charge in [0.2, 0.25) is 5.91 Å².